The van der Waals surface area contributed by atoms with Crippen LogP contribution in [0.25, 0.3) is 0 Å². The van der Waals surface area contributed by atoms with Gasteiger partial charge in [-0.3, -0.25) is 14.7 Å². The van der Waals surface area contributed by atoms with Crippen molar-refractivity contribution in [2.75, 3.05) is 32.6 Å². The molecule has 3 N–H and O–H groups in total. The van der Waals surface area contributed by atoms with E-state index in [1.54, 1.807) is 14.2 Å². The number of guanidine groups is 1. The number of aliphatic imine (C=N–C) groups is 1. The van der Waals surface area contributed by atoms with Crippen LogP contribution in [0.4, 0.5) is 5.69 Å². The molecule has 0 aliphatic rings. The maximum Gasteiger partial charge on any atom is 0.221 e. The third-order valence-electron chi connectivity index (χ3n) is 4.47. The monoisotopic (exact) mass is 519 g/mol. The minimum Gasteiger partial charge on any atom is -0.495 e. The van der Waals surface area contributed by atoms with Gasteiger partial charge in [-0.2, -0.15) is 0 Å². The largest absolute Gasteiger partial charge is 0.495 e. The van der Waals surface area contributed by atoms with Gasteiger partial charge in [-0.05, 0) is 51.8 Å². The summed E-state index contributed by atoms with van der Waals surface area (Å²) < 4.78 is 5.29. The van der Waals surface area contributed by atoms with Gasteiger partial charge in [0.25, 0.3) is 0 Å². The second-order valence-electron chi connectivity index (χ2n) is 7.35. The Morgan fingerprint density at radius 2 is 1.83 bits per heavy atom. The van der Waals surface area contributed by atoms with Gasteiger partial charge in [-0.25, -0.2) is 0 Å². The first-order chi connectivity index (χ1) is 13.3. The summed E-state index contributed by atoms with van der Waals surface area (Å²) in [5.41, 5.74) is 1.69. The van der Waals surface area contributed by atoms with Gasteiger partial charge in [0, 0.05) is 45.7 Å². The number of rotatable bonds is 10. The van der Waals surface area contributed by atoms with Crippen LogP contribution >= 0.6 is 24.0 Å². The Bertz CT molecular complexity index is 642. The number of hydrogen-bond acceptors (Lipinski definition) is 4. The summed E-state index contributed by atoms with van der Waals surface area (Å²) in [6, 6.07) is 6.82. The molecule has 1 aromatic carbocycles. The highest BCUT2D eigenvalue weighted by Crippen LogP contribution is 2.25. The fraction of sp³-hybridized carbons (Fsp3) is 0.619. The van der Waals surface area contributed by atoms with E-state index in [1.807, 2.05) is 18.2 Å². The molecule has 0 aromatic heterocycles. The Kier molecular flexibility index (Phi) is 13.7. The number of benzene rings is 1. The van der Waals surface area contributed by atoms with Crippen molar-refractivity contribution in [1.29, 1.82) is 0 Å². The molecular formula is C21H38IN5O2. The van der Waals surface area contributed by atoms with Crippen LogP contribution in [0.2, 0.25) is 0 Å². The third kappa shape index (κ3) is 10.2. The highest BCUT2D eigenvalue weighted by molar-refractivity contribution is 14.0. The summed E-state index contributed by atoms with van der Waals surface area (Å²) in [5, 5.41) is 9.46. The van der Waals surface area contributed by atoms with Crippen molar-refractivity contribution in [2.45, 2.75) is 59.7 Å². The molecule has 0 saturated heterocycles. The van der Waals surface area contributed by atoms with Gasteiger partial charge in [0.15, 0.2) is 5.96 Å². The lowest BCUT2D eigenvalue weighted by atomic mass is 10.2. The number of carbonyl (C=O) groups is 1. The van der Waals surface area contributed by atoms with Crippen molar-refractivity contribution in [3.63, 3.8) is 0 Å². The number of halogens is 1. The average molecular weight is 519 g/mol. The molecule has 0 fully saturated rings. The van der Waals surface area contributed by atoms with E-state index in [0.717, 1.165) is 31.0 Å². The molecule has 0 spiro atoms. The number of anilines is 1. The van der Waals surface area contributed by atoms with Crippen molar-refractivity contribution < 1.29 is 9.53 Å². The summed E-state index contributed by atoms with van der Waals surface area (Å²) in [4.78, 5) is 18.1. The van der Waals surface area contributed by atoms with E-state index < -0.39 is 0 Å². The molecule has 0 aliphatic heterocycles. The summed E-state index contributed by atoms with van der Waals surface area (Å²) in [6.45, 7) is 12.9. The smallest absolute Gasteiger partial charge is 0.221 e. The van der Waals surface area contributed by atoms with Crippen molar-refractivity contribution in [3.8, 4) is 5.75 Å². The number of hydrogen-bond donors (Lipinski definition) is 3. The van der Waals surface area contributed by atoms with Crippen molar-refractivity contribution in [2.24, 2.45) is 4.99 Å². The Hall–Kier alpha value is -1.55. The zero-order chi connectivity index (χ0) is 21.1. The molecule has 1 aromatic rings. The summed E-state index contributed by atoms with van der Waals surface area (Å²) in [6.07, 6.45) is 1.05. The first kappa shape index (κ1) is 27.5. The number of nitrogens with one attached hydrogen (secondary N) is 3. The van der Waals surface area contributed by atoms with Crippen molar-refractivity contribution in [3.05, 3.63) is 23.8 Å². The van der Waals surface area contributed by atoms with Crippen molar-refractivity contribution >= 4 is 41.5 Å². The molecule has 1 rings (SSSR count). The Morgan fingerprint density at radius 3 is 2.34 bits per heavy atom. The van der Waals surface area contributed by atoms with Crippen molar-refractivity contribution in [1.82, 2.24) is 15.5 Å². The summed E-state index contributed by atoms with van der Waals surface area (Å²) >= 11 is 0. The fourth-order valence-corrected chi connectivity index (χ4v) is 3.14. The minimum absolute atomic E-state index is 0. The van der Waals surface area contributed by atoms with Crippen LogP contribution in [-0.2, 0) is 11.3 Å². The highest BCUT2D eigenvalue weighted by Gasteiger charge is 2.12. The Morgan fingerprint density at radius 1 is 1.17 bits per heavy atom. The number of carbonyl (C=O) groups excluding carboxylic acids is 1. The molecule has 7 nitrogen and oxygen atoms in total. The van der Waals surface area contributed by atoms with Crippen LogP contribution < -0.4 is 20.7 Å². The molecule has 0 unspecified atom stereocenters. The molecule has 0 heterocycles. The highest BCUT2D eigenvalue weighted by atomic mass is 127. The van der Waals surface area contributed by atoms with E-state index in [9.17, 15) is 4.79 Å². The van der Waals surface area contributed by atoms with Gasteiger partial charge < -0.3 is 20.7 Å². The maximum absolute atomic E-state index is 11.4. The van der Waals surface area contributed by atoms with E-state index in [-0.39, 0.29) is 29.9 Å². The second-order valence-corrected chi connectivity index (χ2v) is 7.35. The molecule has 0 saturated carbocycles. The molecule has 0 bridgehead atoms. The quantitative estimate of drug-likeness (QED) is 0.191. The number of ether oxygens (including phenoxy) is 1. The zero-order valence-electron chi connectivity index (χ0n) is 18.8. The topological polar surface area (TPSA) is 78.0 Å². The van der Waals surface area contributed by atoms with Gasteiger partial charge in [0.1, 0.15) is 5.75 Å². The predicted octanol–water partition coefficient (Wildman–Crippen LogP) is 3.45. The second kappa shape index (κ2) is 14.4. The Labute approximate surface area is 193 Å². The van der Waals surface area contributed by atoms with E-state index in [4.69, 9.17) is 4.74 Å². The molecule has 1 amide bonds. The zero-order valence-corrected chi connectivity index (χ0v) is 21.2. The number of nitrogens with zero attached hydrogens (tertiary/aromatic N) is 2. The normalized spacial score (nSPS) is 11.4. The van der Waals surface area contributed by atoms with Gasteiger partial charge >= 0.3 is 0 Å². The lowest BCUT2D eigenvalue weighted by molar-refractivity contribution is -0.114. The van der Waals surface area contributed by atoms with Crippen LogP contribution in [-0.4, -0.2) is 56.1 Å². The fourth-order valence-electron chi connectivity index (χ4n) is 3.14. The number of amides is 1. The van der Waals surface area contributed by atoms with E-state index in [2.05, 4.69) is 53.5 Å². The Balaban J connectivity index is 0.00000784. The maximum atomic E-state index is 11.4. The molecule has 0 aliphatic carbocycles. The van der Waals surface area contributed by atoms with Gasteiger partial charge in [-0.15, -0.1) is 24.0 Å². The lowest BCUT2D eigenvalue weighted by Crippen LogP contribution is -2.41. The van der Waals surface area contributed by atoms with Gasteiger partial charge in [-0.1, -0.05) is 6.07 Å². The van der Waals surface area contributed by atoms with Gasteiger partial charge in [0.2, 0.25) is 5.91 Å². The van der Waals surface area contributed by atoms with Crippen LogP contribution in [0.5, 0.6) is 5.75 Å². The van der Waals surface area contributed by atoms with E-state index in [0.29, 0.717) is 30.1 Å². The van der Waals surface area contributed by atoms with Crippen LogP contribution in [0.1, 0.15) is 46.6 Å². The SMILES string of the molecule is CN=C(NCCCN(C(C)C)C(C)C)NCc1ccc(OC)c(NC(C)=O)c1.I. The molecule has 0 radical (unpaired) electrons. The van der Waals surface area contributed by atoms with E-state index in [1.165, 1.54) is 6.92 Å². The van der Waals surface area contributed by atoms with Gasteiger partial charge in [0.05, 0.1) is 12.8 Å². The predicted molar refractivity (Wildman–Crippen MR) is 133 cm³/mol. The number of methoxy groups -OCH3 is 1. The minimum atomic E-state index is -0.127. The van der Waals surface area contributed by atoms with E-state index >= 15 is 0 Å². The summed E-state index contributed by atoms with van der Waals surface area (Å²) in [7, 11) is 3.35. The average Bonchev–Trinajstić information content (AvgIpc) is 2.63. The first-order valence-electron chi connectivity index (χ1n) is 9.93. The molecule has 0 atom stereocenters. The van der Waals surface area contributed by atoms with Crippen LogP contribution in [0, 0.1) is 0 Å². The van der Waals surface area contributed by atoms with Crippen LogP contribution in [0.3, 0.4) is 0 Å². The molecule has 166 valence electrons. The molecule has 29 heavy (non-hydrogen) atoms. The molecule has 8 heteroatoms. The lowest BCUT2D eigenvalue weighted by Gasteiger charge is -2.30. The van der Waals surface area contributed by atoms with Crippen LogP contribution in [0.15, 0.2) is 23.2 Å². The third-order valence-corrected chi connectivity index (χ3v) is 4.47. The summed E-state index contributed by atoms with van der Waals surface area (Å²) in [5.74, 6) is 1.27. The molecular weight excluding hydrogens is 481 g/mol. The standard InChI is InChI=1S/C21H37N5O2.HI/c1-15(2)26(16(3)4)12-8-11-23-21(22-6)24-14-18-9-10-20(28-7)19(13-18)25-17(5)27;/h9-10,13,15-16H,8,11-12,14H2,1-7H3,(H,25,27)(H2,22,23,24);1H. The first-order valence-corrected chi connectivity index (χ1v) is 9.93.